The van der Waals surface area contributed by atoms with Crippen molar-refractivity contribution < 1.29 is 38.1 Å². The van der Waals surface area contributed by atoms with Gasteiger partial charge in [0.1, 0.15) is 0 Å². The normalized spacial score (nSPS) is 10.8. The predicted octanol–water partition coefficient (Wildman–Crippen LogP) is 31.3. The summed E-state index contributed by atoms with van der Waals surface area (Å²) in [7, 11) is 0. The first-order valence-electron chi connectivity index (χ1n) is 46.8. The Morgan fingerprint density at radius 1 is 0.195 bits per heavy atom. The van der Waals surface area contributed by atoms with Gasteiger partial charge < -0.3 is 69.5 Å². The second kappa shape index (κ2) is 128. The molecule has 0 saturated heterocycles. The maximum atomic E-state index is 11.3. The number of unbranched alkanes of at least 4 members (excludes halogenated alkanes) is 60. The third-order valence-electron chi connectivity index (χ3n) is 20.0. The van der Waals surface area contributed by atoms with Crippen molar-refractivity contribution in [1.29, 1.82) is 0 Å². The van der Waals surface area contributed by atoms with Crippen LogP contribution in [0.5, 0.6) is 0 Å². The largest absolute Gasteiger partial charge is 2.00 e. The zero-order valence-corrected chi connectivity index (χ0v) is 83.6. The summed E-state index contributed by atoms with van der Waals surface area (Å²) in [4.78, 5) is 45.2. The van der Waals surface area contributed by atoms with Crippen LogP contribution in [-0.2, 0) is 88.6 Å². The van der Waals surface area contributed by atoms with Crippen LogP contribution >= 0.6 is 13.5 Å². The van der Waals surface area contributed by atoms with Crippen LogP contribution in [-0.4, -0.2) is 121 Å². The molecular formula is C98H190O8S5Sn2. The average Bonchev–Trinajstić information content (AvgIpc) is 1.34. The van der Waals surface area contributed by atoms with Gasteiger partial charge in [-0.25, -0.2) is 0 Å². The molecule has 0 fully saturated rings. The average molecular weight is 1890 g/mol. The molecule has 0 aliphatic rings. The topological polar surface area (TPSA) is 105 Å². The fourth-order valence-electron chi connectivity index (χ4n) is 13.1. The molecule has 4 radical (unpaired) electrons. The maximum absolute atomic E-state index is 11.3. The minimum Gasteiger partial charge on any atom is -0.789 e. The van der Waals surface area contributed by atoms with Crippen LogP contribution in [0.1, 0.15) is 505 Å². The van der Waals surface area contributed by atoms with Crippen molar-refractivity contribution in [2.24, 2.45) is 0 Å². The number of hydrogen-bond acceptors (Lipinski definition) is 12. The van der Waals surface area contributed by atoms with E-state index in [0.717, 1.165) is 51.4 Å². The van der Waals surface area contributed by atoms with E-state index in [1.165, 1.54) is 385 Å². The standard InChI is InChI=1S/4C24H46O2S.2CH4.H2S.2Sn/c4*1-2-3-4-5-6-7-8-9-10-11-12-13-14-15-16-17-18-19-20-21-24(25)26-22-23-27;;;;;/h4*12-13,27H,2-11,14-23H2,1H3;2*1H4;1H2;;/q;;;;;;;2*+2/p-4/b4*13-12+;;;;;. The molecule has 0 spiro atoms. The molecule has 0 amide bonds. The second-order valence-corrected chi connectivity index (χ2v) is 32.3. The van der Waals surface area contributed by atoms with Gasteiger partial charge in [-0.15, -0.1) is 23.0 Å². The summed E-state index contributed by atoms with van der Waals surface area (Å²) in [5, 5.41) is 0. The van der Waals surface area contributed by atoms with Gasteiger partial charge in [-0.05, 0) is 128 Å². The maximum Gasteiger partial charge on any atom is 2.00 e. The van der Waals surface area contributed by atoms with Crippen molar-refractivity contribution in [3.05, 3.63) is 48.6 Å². The number of allylic oxidation sites excluding steroid dienone is 8. The number of rotatable bonds is 84. The van der Waals surface area contributed by atoms with Gasteiger partial charge in [0.05, 0.1) is 26.4 Å². The number of esters is 4. The molecular weight excluding hydrogens is 1700 g/mol. The van der Waals surface area contributed by atoms with Crippen LogP contribution in [0, 0.1) is 0 Å². The minimum absolute atomic E-state index is 0. The molecule has 0 unspecified atom stereocenters. The van der Waals surface area contributed by atoms with Crippen LogP contribution in [0.4, 0.5) is 0 Å². The summed E-state index contributed by atoms with van der Waals surface area (Å²) in [6.45, 7) is 10.7. The van der Waals surface area contributed by atoms with Gasteiger partial charge in [0, 0.05) is 25.7 Å². The first kappa shape index (κ1) is 131. The molecule has 113 heavy (non-hydrogen) atoms. The van der Waals surface area contributed by atoms with Crippen LogP contribution in [0.25, 0.3) is 0 Å². The number of carbonyl (C=O) groups excluding carboxylic acids is 4. The van der Waals surface area contributed by atoms with E-state index in [0.29, 0.717) is 75.1 Å². The van der Waals surface area contributed by atoms with Gasteiger partial charge >= 0.3 is 71.7 Å². The van der Waals surface area contributed by atoms with E-state index in [4.69, 9.17) is 69.5 Å². The van der Waals surface area contributed by atoms with Crippen LogP contribution in [0.3, 0.4) is 0 Å². The van der Waals surface area contributed by atoms with E-state index in [9.17, 15) is 19.2 Å². The first-order chi connectivity index (χ1) is 53.2. The molecule has 0 saturated carbocycles. The Labute approximate surface area is 769 Å². The Hall–Kier alpha value is 0.187. The molecule has 0 heterocycles. The van der Waals surface area contributed by atoms with Gasteiger partial charge in [-0.3, -0.25) is 19.2 Å². The van der Waals surface area contributed by atoms with E-state index in [2.05, 4.69) is 76.3 Å². The molecule has 668 valence electrons. The Kier molecular flexibility index (Phi) is 148. The van der Waals surface area contributed by atoms with Gasteiger partial charge in [-0.2, -0.15) is 13.5 Å². The van der Waals surface area contributed by atoms with E-state index in [1.807, 2.05) is 0 Å². The van der Waals surface area contributed by atoms with Crippen molar-refractivity contribution in [2.75, 3.05) is 49.4 Å². The Bertz CT molecular complexity index is 1590. The molecule has 0 bridgehead atoms. The summed E-state index contributed by atoms with van der Waals surface area (Å²) in [5.41, 5.74) is 0. The smallest absolute Gasteiger partial charge is 0.789 e. The Morgan fingerprint density at radius 3 is 0.416 bits per heavy atom. The monoisotopic (exact) mass is 1900 g/mol. The van der Waals surface area contributed by atoms with Crippen LogP contribution in [0.15, 0.2) is 48.6 Å². The molecule has 0 aliphatic heterocycles. The van der Waals surface area contributed by atoms with E-state index >= 15 is 0 Å². The summed E-state index contributed by atoms with van der Waals surface area (Å²) in [5.74, 6) is 1.65. The summed E-state index contributed by atoms with van der Waals surface area (Å²) < 4.78 is 19.9. The number of hydrogen-bond donors (Lipinski definition) is 0. The molecule has 0 rings (SSSR count). The van der Waals surface area contributed by atoms with Crippen LogP contribution < -0.4 is 0 Å². The van der Waals surface area contributed by atoms with E-state index in [1.54, 1.807) is 0 Å². The second-order valence-electron chi connectivity index (χ2n) is 30.7. The van der Waals surface area contributed by atoms with Gasteiger partial charge in [0.25, 0.3) is 0 Å². The predicted molar refractivity (Wildman–Crippen MR) is 520 cm³/mol. The molecule has 0 aromatic rings. The summed E-state index contributed by atoms with van der Waals surface area (Å²) in [6.07, 6.45) is 111. The van der Waals surface area contributed by atoms with Crippen molar-refractivity contribution in [1.82, 2.24) is 0 Å². The molecule has 0 aromatic carbocycles. The van der Waals surface area contributed by atoms with E-state index in [-0.39, 0.29) is 100 Å². The van der Waals surface area contributed by atoms with Crippen molar-refractivity contribution in [2.45, 2.75) is 505 Å². The Balaban J connectivity index is -0.000000180. The first-order valence-corrected chi connectivity index (χ1v) is 49.1. The fourth-order valence-corrected chi connectivity index (χ4v) is 13.4. The molecule has 0 aliphatic carbocycles. The van der Waals surface area contributed by atoms with Gasteiger partial charge in [0.15, 0.2) is 0 Å². The molecule has 8 nitrogen and oxygen atoms in total. The SMILES string of the molecule is C.C.CCCCCCCCCCC/C=C/CCCCCCCCC(=O)OCC[S-].CCCCCCCCCCC/C=C/CCCCCCCCC(=O)OCC[S-].CCCCCCCCCCC/C=C/CCCCCCCCC(=O)OCC[S-].CCCCCCCCCCC/C=C/CCCCCCCCC(=O)OCC[S-].S.[Sn+2].[Sn+2]. The van der Waals surface area contributed by atoms with Crippen molar-refractivity contribution in [3.8, 4) is 0 Å². The van der Waals surface area contributed by atoms with E-state index < -0.39 is 0 Å². The zero-order valence-electron chi connectivity index (χ0n) is 73.6. The number of carbonyl (C=O) groups is 4. The van der Waals surface area contributed by atoms with Gasteiger partial charge in [-0.1, -0.05) is 399 Å². The minimum atomic E-state index is -0.0861. The van der Waals surface area contributed by atoms with Crippen molar-refractivity contribution in [3.63, 3.8) is 0 Å². The zero-order chi connectivity index (χ0) is 79.4. The van der Waals surface area contributed by atoms with Crippen molar-refractivity contribution >= 4 is 136 Å². The quantitative estimate of drug-likeness (QED) is 0.0145. The number of ether oxygens (including phenoxy) is 4. The fraction of sp³-hybridized carbons (Fsp3) is 0.878. The molecule has 0 N–H and O–H groups in total. The summed E-state index contributed by atoms with van der Waals surface area (Å²) in [6, 6.07) is 0. The third kappa shape index (κ3) is 136. The molecule has 0 aromatic heterocycles. The molecule has 0 atom stereocenters. The summed E-state index contributed by atoms with van der Waals surface area (Å²) >= 11 is 19.0. The van der Waals surface area contributed by atoms with Crippen LogP contribution in [0.2, 0.25) is 0 Å². The third-order valence-corrected chi connectivity index (χ3v) is 20.6. The molecule has 15 heteroatoms. The Morgan fingerprint density at radius 2 is 0.301 bits per heavy atom. The van der Waals surface area contributed by atoms with Gasteiger partial charge in [0.2, 0.25) is 0 Å².